The molecule has 0 aromatic rings. The van der Waals surface area contributed by atoms with Crippen LogP contribution in [-0.2, 0) is 4.79 Å². The molecule has 0 aromatic heterocycles. The molecular weight excluding hydrogens is 228 g/mol. The molecule has 0 aliphatic carbocycles. The number of hydrogen-bond acceptors (Lipinski definition) is 4. The van der Waals surface area contributed by atoms with Crippen LogP contribution in [0.5, 0.6) is 0 Å². The van der Waals surface area contributed by atoms with Gasteiger partial charge in [-0.3, -0.25) is 9.69 Å². The molecule has 0 radical (unpaired) electrons. The van der Waals surface area contributed by atoms with Crippen molar-refractivity contribution in [1.29, 1.82) is 5.26 Å². The standard InChI is InChI=1S/C13H24N4O/c1-11-4-7-17(9-12(11)8-15)10-13(18)16(2)6-3-5-14/h11-12H,3-4,6-10,15H2,1-2H3. The Morgan fingerprint density at radius 3 is 2.94 bits per heavy atom. The summed E-state index contributed by atoms with van der Waals surface area (Å²) < 4.78 is 0. The Morgan fingerprint density at radius 2 is 2.33 bits per heavy atom. The van der Waals surface area contributed by atoms with Crippen molar-refractivity contribution in [3.05, 3.63) is 0 Å². The van der Waals surface area contributed by atoms with Crippen molar-refractivity contribution < 1.29 is 4.79 Å². The van der Waals surface area contributed by atoms with Crippen LogP contribution in [0.2, 0.25) is 0 Å². The molecule has 1 rings (SSSR count). The van der Waals surface area contributed by atoms with Gasteiger partial charge in [0.05, 0.1) is 19.0 Å². The van der Waals surface area contributed by atoms with Gasteiger partial charge in [-0.05, 0) is 31.3 Å². The van der Waals surface area contributed by atoms with Crippen molar-refractivity contribution in [2.75, 3.05) is 39.8 Å². The van der Waals surface area contributed by atoms with Crippen LogP contribution in [0.25, 0.3) is 0 Å². The van der Waals surface area contributed by atoms with Crippen molar-refractivity contribution >= 4 is 5.91 Å². The molecule has 1 aliphatic rings. The summed E-state index contributed by atoms with van der Waals surface area (Å²) in [6.07, 6.45) is 1.50. The first kappa shape index (κ1) is 14.9. The normalized spacial score (nSPS) is 24.6. The van der Waals surface area contributed by atoms with E-state index in [9.17, 15) is 4.79 Å². The van der Waals surface area contributed by atoms with E-state index < -0.39 is 0 Å². The van der Waals surface area contributed by atoms with E-state index in [0.717, 1.165) is 19.5 Å². The molecule has 2 N–H and O–H groups in total. The van der Waals surface area contributed by atoms with E-state index in [1.807, 2.05) is 0 Å². The van der Waals surface area contributed by atoms with E-state index in [0.29, 0.717) is 37.9 Å². The van der Waals surface area contributed by atoms with Crippen molar-refractivity contribution in [3.8, 4) is 6.07 Å². The first-order chi connectivity index (χ1) is 8.58. The zero-order valence-corrected chi connectivity index (χ0v) is 11.4. The van der Waals surface area contributed by atoms with Gasteiger partial charge in [0, 0.05) is 20.1 Å². The van der Waals surface area contributed by atoms with E-state index in [4.69, 9.17) is 11.0 Å². The quantitative estimate of drug-likeness (QED) is 0.762. The van der Waals surface area contributed by atoms with E-state index >= 15 is 0 Å². The van der Waals surface area contributed by atoms with E-state index in [1.54, 1.807) is 11.9 Å². The van der Waals surface area contributed by atoms with Crippen LogP contribution >= 0.6 is 0 Å². The summed E-state index contributed by atoms with van der Waals surface area (Å²) in [4.78, 5) is 15.8. The van der Waals surface area contributed by atoms with Gasteiger partial charge < -0.3 is 10.6 Å². The van der Waals surface area contributed by atoms with Crippen LogP contribution in [0.4, 0.5) is 0 Å². The lowest BCUT2D eigenvalue weighted by atomic mass is 9.87. The Bertz CT molecular complexity index is 313. The summed E-state index contributed by atoms with van der Waals surface area (Å²) in [6, 6.07) is 2.06. The lowest BCUT2D eigenvalue weighted by molar-refractivity contribution is -0.131. The number of nitriles is 1. The van der Waals surface area contributed by atoms with E-state index in [-0.39, 0.29) is 5.91 Å². The molecule has 1 aliphatic heterocycles. The molecule has 5 nitrogen and oxygen atoms in total. The molecule has 5 heteroatoms. The number of carbonyl (C=O) groups is 1. The fourth-order valence-corrected chi connectivity index (χ4v) is 2.33. The Morgan fingerprint density at radius 1 is 1.61 bits per heavy atom. The number of likely N-dealkylation sites (N-methyl/N-ethyl adjacent to an activating group) is 1. The molecule has 1 fully saturated rings. The molecule has 18 heavy (non-hydrogen) atoms. The first-order valence-corrected chi connectivity index (χ1v) is 6.61. The Labute approximate surface area is 110 Å². The average molecular weight is 252 g/mol. The lowest BCUT2D eigenvalue weighted by Gasteiger charge is -2.36. The maximum atomic E-state index is 11.9. The number of amides is 1. The number of likely N-dealkylation sites (tertiary alicyclic amines) is 1. The van der Waals surface area contributed by atoms with E-state index in [2.05, 4.69) is 17.9 Å². The van der Waals surface area contributed by atoms with E-state index in [1.165, 1.54) is 0 Å². The largest absolute Gasteiger partial charge is 0.344 e. The predicted molar refractivity (Wildman–Crippen MR) is 70.6 cm³/mol. The minimum Gasteiger partial charge on any atom is -0.344 e. The number of piperidine rings is 1. The third-order valence-electron chi connectivity index (χ3n) is 3.84. The summed E-state index contributed by atoms with van der Waals surface area (Å²) in [7, 11) is 1.76. The molecule has 0 aromatic carbocycles. The Hall–Kier alpha value is -1.12. The fraction of sp³-hybridized carbons (Fsp3) is 0.846. The summed E-state index contributed by atoms with van der Waals surface area (Å²) >= 11 is 0. The number of hydrogen-bond donors (Lipinski definition) is 1. The molecule has 0 saturated carbocycles. The monoisotopic (exact) mass is 252 g/mol. The predicted octanol–water partition coefficient (Wildman–Crippen LogP) is 0.275. The van der Waals surface area contributed by atoms with Gasteiger partial charge in [-0.2, -0.15) is 5.26 Å². The molecular formula is C13H24N4O. The number of nitrogens with two attached hydrogens (primary N) is 1. The summed E-state index contributed by atoms with van der Waals surface area (Å²) in [5.74, 6) is 1.24. The molecule has 0 spiro atoms. The second-order valence-electron chi connectivity index (χ2n) is 5.22. The van der Waals surface area contributed by atoms with Gasteiger partial charge >= 0.3 is 0 Å². The minimum absolute atomic E-state index is 0.0931. The first-order valence-electron chi connectivity index (χ1n) is 6.61. The molecule has 0 bridgehead atoms. The van der Waals surface area contributed by atoms with Gasteiger partial charge in [0.1, 0.15) is 0 Å². The van der Waals surface area contributed by atoms with Gasteiger partial charge in [-0.1, -0.05) is 6.92 Å². The highest BCUT2D eigenvalue weighted by Crippen LogP contribution is 2.21. The van der Waals surface area contributed by atoms with Gasteiger partial charge in [0.2, 0.25) is 5.91 Å². The SMILES string of the molecule is CC1CCN(CC(=O)N(C)CCC#N)CC1CN. The highest BCUT2D eigenvalue weighted by atomic mass is 16.2. The molecule has 1 amide bonds. The third-order valence-corrected chi connectivity index (χ3v) is 3.84. The zero-order valence-electron chi connectivity index (χ0n) is 11.4. The van der Waals surface area contributed by atoms with Gasteiger partial charge in [-0.15, -0.1) is 0 Å². The van der Waals surface area contributed by atoms with Gasteiger partial charge in [0.25, 0.3) is 0 Å². The highest BCUT2D eigenvalue weighted by Gasteiger charge is 2.26. The highest BCUT2D eigenvalue weighted by molar-refractivity contribution is 5.78. The molecule has 2 atom stereocenters. The second kappa shape index (κ2) is 7.34. The smallest absolute Gasteiger partial charge is 0.236 e. The van der Waals surface area contributed by atoms with Gasteiger partial charge in [-0.25, -0.2) is 0 Å². The summed E-state index contributed by atoms with van der Waals surface area (Å²) in [6.45, 7) is 5.77. The molecule has 1 saturated heterocycles. The molecule has 1 heterocycles. The van der Waals surface area contributed by atoms with Crippen molar-refractivity contribution in [3.63, 3.8) is 0 Å². The minimum atomic E-state index is 0.0931. The molecule has 2 unspecified atom stereocenters. The van der Waals surface area contributed by atoms with Crippen LogP contribution < -0.4 is 5.73 Å². The van der Waals surface area contributed by atoms with Crippen LogP contribution in [-0.4, -0.2) is 55.5 Å². The number of carbonyl (C=O) groups excluding carboxylic acids is 1. The lowest BCUT2D eigenvalue weighted by Crippen LogP contribution is -2.47. The van der Waals surface area contributed by atoms with Crippen LogP contribution in [0, 0.1) is 23.2 Å². The van der Waals surface area contributed by atoms with Crippen molar-refractivity contribution in [2.45, 2.75) is 19.8 Å². The van der Waals surface area contributed by atoms with Crippen molar-refractivity contribution in [1.82, 2.24) is 9.80 Å². The fourth-order valence-electron chi connectivity index (χ4n) is 2.33. The average Bonchev–Trinajstić information content (AvgIpc) is 2.37. The summed E-state index contributed by atoms with van der Waals surface area (Å²) in [5, 5.41) is 8.50. The summed E-state index contributed by atoms with van der Waals surface area (Å²) in [5.41, 5.74) is 5.75. The number of rotatable bonds is 5. The van der Waals surface area contributed by atoms with Gasteiger partial charge in [0.15, 0.2) is 0 Å². The van der Waals surface area contributed by atoms with Crippen molar-refractivity contribution in [2.24, 2.45) is 17.6 Å². The topological polar surface area (TPSA) is 73.4 Å². The Balaban J connectivity index is 2.38. The maximum Gasteiger partial charge on any atom is 0.236 e. The maximum absolute atomic E-state index is 11.9. The van der Waals surface area contributed by atoms with Crippen LogP contribution in [0.3, 0.4) is 0 Å². The Kier molecular flexibility index (Phi) is 6.10. The third kappa shape index (κ3) is 4.28. The van der Waals surface area contributed by atoms with Crippen LogP contribution in [0.1, 0.15) is 19.8 Å². The molecule has 102 valence electrons. The number of nitrogens with zero attached hydrogens (tertiary/aromatic N) is 3. The van der Waals surface area contributed by atoms with Crippen LogP contribution in [0.15, 0.2) is 0 Å². The second-order valence-corrected chi connectivity index (χ2v) is 5.22. The zero-order chi connectivity index (χ0) is 13.5.